The van der Waals surface area contributed by atoms with Gasteiger partial charge in [0.15, 0.2) is 11.4 Å². The Morgan fingerprint density at radius 3 is 2.71 bits per heavy atom. The van der Waals surface area contributed by atoms with E-state index in [9.17, 15) is 9.18 Å². The summed E-state index contributed by atoms with van der Waals surface area (Å²) in [6, 6.07) is 3.12. The van der Waals surface area contributed by atoms with E-state index in [4.69, 9.17) is 20.8 Å². The average molecular weight is 350 g/mol. The zero-order chi connectivity index (χ0) is 17.4. The fourth-order valence-electron chi connectivity index (χ4n) is 2.20. The number of carbonyl (C=O) groups is 1. The monoisotopic (exact) mass is 349 g/mol. The molecular formula is C16H13ClFN3O3. The second-order valence-corrected chi connectivity index (χ2v) is 5.59. The van der Waals surface area contributed by atoms with Crippen molar-refractivity contribution in [2.24, 2.45) is 0 Å². The van der Waals surface area contributed by atoms with Crippen LogP contribution in [0.15, 0.2) is 28.9 Å². The molecule has 0 spiro atoms. The molecule has 3 heterocycles. The molecule has 0 saturated carbocycles. The maximum absolute atomic E-state index is 13.5. The van der Waals surface area contributed by atoms with Gasteiger partial charge < -0.3 is 14.1 Å². The van der Waals surface area contributed by atoms with E-state index in [1.807, 2.05) is 0 Å². The first kappa shape index (κ1) is 16.2. The first-order valence-electron chi connectivity index (χ1n) is 6.92. The fourth-order valence-corrected chi connectivity index (χ4v) is 2.38. The predicted molar refractivity (Wildman–Crippen MR) is 86.8 cm³/mol. The topological polar surface area (TPSA) is 68.5 Å². The van der Waals surface area contributed by atoms with Crippen LogP contribution in [-0.2, 0) is 0 Å². The van der Waals surface area contributed by atoms with Crippen molar-refractivity contribution in [2.45, 2.75) is 0 Å². The number of fused-ring (bicyclic) bond motifs is 1. The summed E-state index contributed by atoms with van der Waals surface area (Å²) >= 11 is 5.90. The first-order valence-corrected chi connectivity index (χ1v) is 7.29. The van der Waals surface area contributed by atoms with E-state index in [0.29, 0.717) is 22.6 Å². The number of hydrogen-bond acceptors (Lipinski definition) is 5. The highest BCUT2D eigenvalue weighted by atomic mass is 35.5. The number of ether oxygens (including phenoxy) is 1. The predicted octanol–water partition coefficient (Wildman–Crippen LogP) is 3.39. The van der Waals surface area contributed by atoms with E-state index in [2.05, 4.69) is 9.97 Å². The van der Waals surface area contributed by atoms with Crippen molar-refractivity contribution >= 4 is 28.6 Å². The second kappa shape index (κ2) is 6.09. The van der Waals surface area contributed by atoms with Gasteiger partial charge >= 0.3 is 0 Å². The van der Waals surface area contributed by atoms with Crippen molar-refractivity contribution < 1.29 is 18.3 Å². The molecule has 3 aromatic heterocycles. The van der Waals surface area contributed by atoms with Crippen LogP contribution in [0.2, 0.25) is 5.02 Å². The molecule has 0 unspecified atom stereocenters. The molecule has 0 atom stereocenters. The third-order valence-electron chi connectivity index (χ3n) is 3.42. The number of amides is 1. The largest absolute Gasteiger partial charge is 0.496 e. The van der Waals surface area contributed by atoms with E-state index >= 15 is 0 Å². The number of furan rings is 1. The third kappa shape index (κ3) is 2.67. The number of methoxy groups -OCH3 is 1. The number of rotatable bonds is 3. The Morgan fingerprint density at radius 2 is 2.04 bits per heavy atom. The van der Waals surface area contributed by atoms with Crippen molar-refractivity contribution in [3.8, 4) is 17.1 Å². The quantitative estimate of drug-likeness (QED) is 0.725. The van der Waals surface area contributed by atoms with Gasteiger partial charge in [-0.1, -0.05) is 11.6 Å². The van der Waals surface area contributed by atoms with E-state index < -0.39 is 5.82 Å². The second-order valence-electron chi connectivity index (χ2n) is 5.21. The van der Waals surface area contributed by atoms with Gasteiger partial charge in [-0.05, 0) is 0 Å². The number of hydrogen-bond donors (Lipinski definition) is 0. The van der Waals surface area contributed by atoms with Gasteiger partial charge in [-0.3, -0.25) is 9.78 Å². The molecule has 3 aromatic rings. The van der Waals surface area contributed by atoms with Crippen LogP contribution < -0.4 is 4.74 Å². The van der Waals surface area contributed by atoms with Gasteiger partial charge in [-0.15, -0.1) is 0 Å². The standard InChI is InChI=1S/C16H13ClFN3O3/c1-21(2)16(22)11-5-12(23-3)8(6-19-11)13-4-10-15(24-13)14(17)9(18)7-20-10/h4-7H,1-3H3. The zero-order valence-corrected chi connectivity index (χ0v) is 13.9. The fraction of sp³-hybridized carbons (Fsp3) is 0.188. The summed E-state index contributed by atoms with van der Waals surface area (Å²) in [6.07, 6.45) is 2.48. The molecular weight excluding hydrogens is 337 g/mol. The van der Waals surface area contributed by atoms with Crippen LogP contribution in [0.5, 0.6) is 5.75 Å². The lowest BCUT2D eigenvalue weighted by atomic mass is 10.1. The highest BCUT2D eigenvalue weighted by Gasteiger charge is 2.19. The highest BCUT2D eigenvalue weighted by molar-refractivity contribution is 6.34. The number of nitrogens with zero attached hydrogens (tertiary/aromatic N) is 3. The summed E-state index contributed by atoms with van der Waals surface area (Å²) in [5.41, 5.74) is 1.29. The van der Waals surface area contributed by atoms with Crippen LogP contribution in [0.25, 0.3) is 22.4 Å². The van der Waals surface area contributed by atoms with Crippen LogP contribution in [0.3, 0.4) is 0 Å². The molecule has 0 aromatic carbocycles. The lowest BCUT2D eigenvalue weighted by Crippen LogP contribution is -2.22. The third-order valence-corrected chi connectivity index (χ3v) is 3.77. The maximum Gasteiger partial charge on any atom is 0.272 e. The Balaban J connectivity index is 2.12. The Hall–Kier alpha value is -2.67. The molecule has 124 valence electrons. The SMILES string of the molecule is COc1cc(C(=O)N(C)C)ncc1-c1cc2ncc(F)c(Cl)c2o1. The van der Waals surface area contributed by atoms with Gasteiger partial charge in [-0.25, -0.2) is 9.37 Å². The molecule has 3 rings (SSSR count). The van der Waals surface area contributed by atoms with Crippen molar-refractivity contribution in [1.29, 1.82) is 0 Å². The van der Waals surface area contributed by atoms with Gasteiger partial charge in [0.05, 0.1) is 18.9 Å². The average Bonchev–Trinajstić information content (AvgIpc) is 3.01. The minimum atomic E-state index is -0.665. The van der Waals surface area contributed by atoms with Gasteiger partial charge in [0.25, 0.3) is 5.91 Å². The van der Waals surface area contributed by atoms with Crippen molar-refractivity contribution in [3.63, 3.8) is 0 Å². The molecule has 0 aliphatic carbocycles. The number of carbonyl (C=O) groups excluding carboxylic acids is 1. The van der Waals surface area contributed by atoms with E-state index in [1.165, 1.54) is 24.3 Å². The number of halogens is 2. The minimum Gasteiger partial charge on any atom is -0.496 e. The lowest BCUT2D eigenvalue weighted by Gasteiger charge is -2.11. The number of pyridine rings is 2. The molecule has 0 bridgehead atoms. The van der Waals surface area contributed by atoms with Gasteiger partial charge in [-0.2, -0.15) is 0 Å². The molecule has 24 heavy (non-hydrogen) atoms. The molecule has 0 fully saturated rings. The summed E-state index contributed by atoms with van der Waals surface area (Å²) in [5, 5.41) is -0.141. The summed E-state index contributed by atoms with van der Waals surface area (Å²) in [7, 11) is 4.73. The highest BCUT2D eigenvalue weighted by Crippen LogP contribution is 2.36. The Labute approximate surface area is 141 Å². The van der Waals surface area contributed by atoms with E-state index in [0.717, 1.165) is 6.20 Å². The van der Waals surface area contributed by atoms with Crippen molar-refractivity contribution in [2.75, 3.05) is 21.2 Å². The van der Waals surface area contributed by atoms with E-state index in [-0.39, 0.29) is 22.2 Å². The van der Waals surface area contributed by atoms with Gasteiger partial charge in [0.1, 0.15) is 27.7 Å². The summed E-state index contributed by atoms with van der Waals surface area (Å²) < 4.78 is 24.4. The molecule has 0 radical (unpaired) electrons. The van der Waals surface area contributed by atoms with Crippen molar-refractivity contribution in [1.82, 2.24) is 14.9 Å². The van der Waals surface area contributed by atoms with Crippen LogP contribution in [0.1, 0.15) is 10.5 Å². The molecule has 0 N–H and O–H groups in total. The molecule has 1 amide bonds. The van der Waals surface area contributed by atoms with Crippen LogP contribution in [0.4, 0.5) is 4.39 Å². The lowest BCUT2D eigenvalue weighted by molar-refractivity contribution is 0.0821. The van der Waals surface area contributed by atoms with Gasteiger partial charge in [0.2, 0.25) is 0 Å². The molecule has 0 aliphatic heterocycles. The van der Waals surface area contributed by atoms with E-state index in [1.54, 1.807) is 20.2 Å². The van der Waals surface area contributed by atoms with Crippen LogP contribution >= 0.6 is 11.6 Å². The molecule has 8 heteroatoms. The normalized spacial score (nSPS) is 10.9. The van der Waals surface area contributed by atoms with Crippen molar-refractivity contribution in [3.05, 3.63) is 41.1 Å². The molecule has 6 nitrogen and oxygen atoms in total. The Kier molecular flexibility index (Phi) is 4.11. The molecule has 0 saturated heterocycles. The summed E-state index contributed by atoms with van der Waals surface area (Å²) in [4.78, 5) is 21.5. The Bertz CT molecular complexity index is 940. The number of aromatic nitrogens is 2. The first-order chi connectivity index (χ1) is 11.4. The zero-order valence-electron chi connectivity index (χ0n) is 13.1. The maximum atomic E-state index is 13.5. The molecule has 0 aliphatic rings. The smallest absolute Gasteiger partial charge is 0.272 e. The summed E-state index contributed by atoms with van der Waals surface area (Å²) in [6.45, 7) is 0. The summed E-state index contributed by atoms with van der Waals surface area (Å²) in [5.74, 6) is -0.164. The minimum absolute atomic E-state index is 0.141. The van der Waals surface area contributed by atoms with Crippen LogP contribution in [0, 0.1) is 5.82 Å². The van der Waals surface area contributed by atoms with Crippen LogP contribution in [-0.4, -0.2) is 42.0 Å². The Morgan fingerprint density at radius 1 is 1.29 bits per heavy atom. The van der Waals surface area contributed by atoms with Gasteiger partial charge in [0, 0.05) is 32.4 Å².